The standard InChI is InChI=1S/C17H22BrN/c1-11-2-3-14(18)5-15(11)16-6-12-4-13(7-16)9-17(19,8-12)10-16/h2-3,5,12-13H,4,6-10,19H2,1H3. The highest BCUT2D eigenvalue weighted by Gasteiger charge is 2.56. The summed E-state index contributed by atoms with van der Waals surface area (Å²) in [7, 11) is 0. The minimum atomic E-state index is 0.138. The Hall–Kier alpha value is -0.340. The van der Waals surface area contributed by atoms with Crippen molar-refractivity contribution in [3.05, 3.63) is 33.8 Å². The zero-order chi connectivity index (χ0) is 13.3. The van der Waals surface area contributed by atoms with Crippen LogP contribution in [0.4, 0.5) is 0 Å². The Morgan fingerprint density at radius 1 is 1.16 bits per heavy atom. The van der Waals surface area contributed by atoms with E-state index >= 15 is 0 Å². The van der Waals surface area contributed by atoms with Gasteiger partial charge in [0.15, 0.2) is 0 Å². The van der Waals surface area contributed by atoms with Crippen molar-refractivity contribution in [1.29, 1.82) is 0 Å². The zero-order valence-electron chi connectivity index (χ0n) is 11.6. The number of nitrogens with two attached hydrogens (primary N) is 1. The van der Waals surface area contributed by atoms with Crippen LogP contribution >= 0.6 is 15.9 Å². The van der Waals surface area contributed by atoms with Gasteiger partial charge in [0.1, 0.15) is 0 Å². The van der Waals surface area contributed by atoms with Crippen molar-refractivity contribution in [3.8, 4) is 0 Å². The van der Waals surface area contributed by atoms with Crippen molar-refractivity contribution >= 4 is 15.9 Å². The highest BCUT2D eigenvalue weighted by molar-refractivity contribution is 9.10. The van der Waals surface area contributed by atoms with Crippen molar-refractivity contribution in [2.45, 2.75) is 56.4 Å². The van der Waals surface area contributed by atoms with Crippen LogP contribution in [0.25, 0.3) is 0 Å². The Morgan fingerprint density at radius 3 is 2.47 bits per heavy atom. The third kappa shape index (κ3) is 1.83. The highest BCUT2D eigenvalue weighted by atomic mass is 79.9. The number of hydrogen-bond donors (Lipinski definition) is 1. The summed E-state index contributed by atoms with van der Waals surface area (Å²) in [6.45, 7) is 2.27. The van der Waals surface area contributed by atoms with Gasteiger partial charge in [-0.3, -0.25) is 0 Å². The van der Waals surface area contributed by atoms with E-state index in [4.69, 9.17) is 5.73 Å². The summed E-state index contributed by atoms with van der Waals surface area (Å²) in [5.41, 5.74) is 10.3. The Kier molecular flexibility index (Phi) is 2.52. The van der Waals surface area contributed by atoms with Gasteiger partial charge in [0, 0.05) is 10.0 Å². The molecule has 2 heteroatoms. The van der Waals surface area contributed by atoms with Crippen molar-refractivity contribution < 1.29 is 0 Å². The molecule has 2 N–H and O–H groups in total. The van der Waals surface area contributed by atoms with E-state index in [9.17, 15) is 0 Å². The van der Waals surface area contributed by atoms with Crippen molar-refractivity contribution in [1.82, 2.24) is 0 Å². The fraction of sp³-hybridized carbons (Fsp3) is 0.647. The molecule has 2 atom stereocenters. The van der Waals surface area contributed by atoms with Crippen molar-refractivity contribution in [2.24, 2.45) is 17.6 Å². The molecule has 1 nitrogen and oxygen atoms in total. The summed E-state index contributed by atoms with van der Waals surface area (Å²) in [5.74, 6) is 1.76. The molecule has 4 bridgehead atoms. The largest absolute Gasteiger partial charge is 0.325 e. The molecular formula is C17H22BrN. The maximum atomic E-state index is 6.72. The first kappa shape index (κ1) is 12.4. The van der Waals surface area contributed by atoms with Gasteiger partial charge in [-0.05, 0) is 86.0 Å². The third-order valence-corrected chi connectivity index (χ3v) is 6.37. The summed E-state index contributed by atoms with van der Waals surface area (Å²) in [6.07, 6.45) is 7.95. The second kappa shape index (κ2) is 3.85. The molecule has 102 valence electrons. The number of hydrogen-bond acceptors (Lipinski definition) is 1. The van der Waals surface area contributed by atoms with E-state index in [0.29, 0.717) is 5.41 Å². The Labute approximate surface area is 124 Å². The number of benzene rings is 1. The molecule has 4 aliphatic carbocycles. The first-order chi connectivity index (χ1) is 8.98. The molecular weight excluding hydrogens is 298 g/mol. The predicted molar refractivity (Wildman–Crippen MR) is 82.2 cm³/mol. The fourth-order valence-electron chi connectivity index (χ4n) is 5.81. The molecule has 1 aromatic carbocycles. The predicted octanol–water partition coefficient (Wildman–Crippen LogP) is 4.31. The van der Waals surface area contributed by atoms with Crippen LogP contribution in [0.3, 0.4) is 0 Å². The average Bonchev–Trinajstić information content (AvgIpc) is 2.29. The zero-order valence-corrected chi connectivity index (χ0v) is 13.2. The smallest absolute Gasteiger partial charge is 0.0178 e. The van der Waals surface area contributed by atoms with E-state index in [1.807, 2.05) is 0 Å². The molecule has 0 radical (unpaired) electrons. The fourth-order valence-corrected chi connectivity index (χ4v) is 6.18. The van der Waals surface area contributed by atoms with Gasteiger partial charge < -0.3 is 5.73 Å². The molecule has 5 rings (SSSR count). The van der Waals surface area contributed by atoms with Crippen LogP contribution in [0.2, 0.25) is 0 Å². The molecule has 0 spiro atoms. The topological polar surface area (TPSA) is 26.0 Å². The molecule has 0 heterocycles. The van der Waals surface area contributed by atoms with E-state index in [1.165, 1.54) is 48.6 Å². The van der Waals surface area contributed by atoms with Gasteiger partial charge in [-0.15, -0.1) is 0 Å². The molecule has 4 saturated carbocycles. The van der Waals surface area contributed by atoms with Gasteiger partial charge in [0.2, 0.25) is 0 Å². The third-order valence-electron chi connectivity index (χ3n) is 5.88. The molecule has 4 fully saturated rings. The molecule has 4 aliphatic rings. The molecule has 0 aliphatic heterocycles. The Bertz CT molecular complexity index is 522. The average molecular weight is 320 g/mol. The second-order valence-corrected chi connectivity index (χ2v) is 8.48. The summed E-state index contributed by atoms with van der Waals surface area (Å²) < 4.78 is 1.22. The van der Waals surface area contributed by atoms with E-state index in [2.05, 4.69) is 41.1 Å². The lowest BCUT2D eigenvalue weighted by atomic mass is 9.45. The van der Waals surface area contributed by atoms with E-state index in [0.717, 1.165) is 11.8 Å². The lowest BCUT2D eigenvalue weighted by Crippen LogP contribution is -2.61. The van der Waals surface area contributed by atoms with E-state index < -0.39 is 0 Å². The Balaban J connectivity index is 1.83. The van der Waals surface area contributed by atoms with Crippen LogP contribution in [0.5, 0.6) is 0 Å². The molecule has 2 unspecified atom stereocenters. The number of halogens is 1. The minimum absolute atomic E-state index is 0.138. The van der Waals surface area contributed by atoms with Gasteiger partial charge in [-0.1, -0.05) is 22.0 Å². The van der Waals surface area contributed by atoms with E-state index in [-0.39, 0.29) is 5.54 Å². The van der Waals surface area contributed by atoms with Crippen LogP contribution in [-0.2, 0) is 5.41 Å². The first-order valence-electron chi connectivity index (χ1n) is 7.54. The number of rotatable bonds is 1. The highest BCUT2D eigenvalue weighted by Crippen LogP contribution is 2.61. The van der Waals surface area contributed by atoms with Gasteiger partial charge in [-0.2, -0.15) is 0 Å². The van der Waals surface area contributed by atoms with Gasteiger partial charge in [0.25, 0.3) is 0 Å². The molecule has 0 saturated heterocycles. The summed E-state index contributed by atoms with van der Waals surface area (Å²) >= 11 is 3.66. The van der Waals surface area contributed by atoms with Gasteiger partial charge in [-0.25, -0.2) is 0 Å². The van der Waals surface area contributed by atoms with Crippen molar-refractivity contribution in [2.75, 3.05) is 0 Å². The first-order valence-corrected chi connectivity index (χ1v) is 8.33. The monoisotopic (exact) mass is 319 g/mol. The SMILES string of the molecule is Cc1ccc(Br)cc1C12CC3CC(CC(N)(C3)C1)C2. The van der Waals surface area contributed by atoms with Crippen LogP contribution in [0.1, 0.15) is 49.7 Å². The maximum absolute atomic E-state index is 6.72. The summed E-state index contributed by atoms with van der Waals surface area (Å²) in [5, 5.41) is 0. The van der Waals surface area contributed by atoms with Crippen LogP contribution < -0.4 is 5.73 Å². The lowest BCUT2D eigenvalue weighted by Gasteiger charge is -2.61. The second-order valence-electron chi connectivity index (χ2n) is 7.56. The summed E-state index contributed by atoms with van der Waals surface area (Å²) in [4.78, 5) is 0. The maximum Gasteiger partial charge on any atom is 0.0178 e. The Morgan fingerprint density at radius 2 is 1.84 bits per heavy atom. The van der Waals surface area contributed by atoms with Gasteiger partial charge >= 0.3 is 0 Å². The molecule has 0 amide bonds. The van der Waals surface area contributed by atoms with Crippen molar-refractivity contribution in [3.63, 3.8) is 0 Å². The molecule has 19 heavy (non-hydrogen) atoms. The normalized spacial score (nSPS) is 43.7. The summed E-state index contributed by atoms with van der Waals surface area (Å²) in [6, 6.07) is 6.80. The van der Waals surface area contributed by atoms with E-state index in [1.54, 1.807) is 5.56 Å². The molecule has 1 aromatic rings. The quantitative estimate of drug-likeness (QED) is 0.820. The minimum Gasteiger partial charge on any atom is -0.325 e. The number of aryl methyl sites for hydroxylation is 1. The van der Waals surface area contributed by atoms with Gasteiger partial charge in [0.05, 0.1) is 0 Å². The van der Waals surface area contributed by atoms with Crippen LogP contribution in [-0.4, -0.2) is 5.54 Å². The lowest BCUT2D eigenvalue weighted by molar-refractivity contribution is -0.0229. The van der Waals surface area contributed by atoms with Crippen LogP contribution in [0.15, 0.2) is 22.7 Å². The van der Waals surface area contributed by atoms with Crippen LogP contribution in [0, 0.1) is 18.8 Å². The molecule has 0 aromatic heterocycles.